The van der Waals surface area contributed by atoms with E-state index in [1.165, 1.54) is 13.1 Å². The van der Waals surface area contributed by atoms with Gasteiger partial charge in [0.05, 0.1) is 0 Å². The predicted octanol–water partition coefficient (Wildman–Crippen LogP) is 1.56. The highest BCUT2D eigenvalue weighted by molar-refractivity contribution is 4.85. The molecular weight excluding hydrogens is 160 g/mol. The third-order valence-corrected chi connectivity index (χ3v) is 3.13. The standard InChI is InChI=1S/C11H24N2/c1-9(2)10-5-13(6-10)8-11(3,4)7-12/h9-10H,5-8,12H2,1-4H3. The maximum Gasteiger partial charge on any atom is 0.00450 e. The Kier molecular flexibility index (Phi) is 3.36. The topological polar surface area (TPSA) is 29.3 Å². The maximum absolute atomic E-state index is 5.70. The van der Waals surface area contributed by atoms with Crippen molar-refractivity contribution in [3.05, 3.63) is 0 Å². The molecule has 2 heteroatoms. The third-order valence-electron chi connectivity index (χ3n) is 3.13. The Morgan fingerprint density at radius 2 is 1.92 bits per heavy atom. The van der Waals surface area contributed by atoms with Crippen molar-refractivity contribution in [3.8, 4) is 0 Å². The molecule has 0 unspecified atom stereocenters. The minimum Gasteiger partial charge on any atom is -0.330 e. The van der Waals surface area contributed by atoms with Crippen molar-refractivity contribution in [1.82, 2.24) is 4.90 Å². The minimum atomic E-state index is 0.294. The second-order valence-corrected chi connectivity index (χ2v) is 5.57. The van der Waals surface area contributed by atoms with Crippen LogP contribution in [0.25, 0.3) is 0 Å². The molecule has 0 aliphatic carbocycles. The molecule has 1 aliphatic rings. The van der Waals surface area contributed by atoms with Gasteiger partial charge in [-0.25, -0.2) is 0 Å². The Morgan fingerprint density at radius 1 is 1.38 bits per heavy atom. The highest BCUT2D eigenvalue weighted by atomic mass is 15.2. The van der Waals surface area contributed by atoms with Crippen LogP contribution in [0.1, 0.15) is 27.7 Å². The van der Waals surface area contributed by atoms with Crippen LogP contribution in [-0.4, -0.2) is 31.1 Å². The van der Waals surface area contributed by atoms with Gasteiger partial charge in [0.2, 0.25) is 0 Å². The molecule has 0 spiro atoms. The molecular formula is C11H24N2. The lowest BCUT2D eigenvalue weighted by atomic mass is 9.85. The van der Waals surface area contributed by atoms with Gasteiger partial charge in [-0.1, -0.05) is 27.7 Å². The van der Waals surface area contributed by atoms with E-state index in [4.69, 9.17) is 5.73 Å². The van der Waals surface area contributed by atoms with Crippen LogP contribution in [0.4, 0.5) is 0 Å². The van der Waals surface area contributed by atoms with Crippen LogP contribution < -0.4 is 5.73 Å². The number of hydrogen-bond donors (Lipinski definition) is 1. The SMILES string of the molecule is CC(C)C1CN(CC(C)(C)CN)C1. The fourth-order valence-electron chi connectivity index (χ4n) is 1.83. The van der Waals surface area contributed by atoms with Crippen molar-refractivity contribution in [2.24, 2.45) is 23.0 Å². The Bertz CT molecular complexity index is 157. The molecule has 0 saturated carbocycles. The molecule has 0 aromatic carbocycles. The molecule has 1 fully saturated rings. The summed E-state index contributed by atoms with van der Waals surface area (Å²) in [5.74, 6) is 1.77. The van der Waals surface area contributed by atoms with Crippen LogP contribution in [0.15, 0.2) is 0 Å². The fraction of sp³-hybridized carbons (Fsp3) is 1.00. The molecule has 0 aromatic heterocycles. The normalized spacial score (nSPS) is 20.8. The van der Waals surface area contributed by atoms with Crippen LogP contribution in [0.5, 0.6) is 0 Å². The summed E-state index contributed by atoms with van der Waals surface area (Å²) in [4.78, 5) is 2.53. The van der Waals surface area contributed by atoms with Crippen molar-refractivity contribution in [1.29, 1.82) is 0 Å². The third kappa shape index (κ3) is 2.96. The number of nitrogens with two attached hydrogens (primary N) is 1. The van der Waals surface area contributed by atoms with Crippen LogP contribution in [0, 0.1) is 17.3 Å². The Labute approximate surface area is 82.5 Å². The lowest BCUT2D eigenvalue weighted by molar-refractivity contribution is 0.0370. The molecule has 1 rings (SSSR count). The maximum atomic E-state index is 5.70. The lowest BCUT2D eigenvalue weighted by Gasteiger charge is -2.45. The Balaban J connectivity index is 2.21. The molecule has 0 aromatic rings. The molecule has 0 radical (unpaired) electrons. The monoisotopic (exact) mass is 184 g/mol. The minimum absolute atomic E-state index is 0.294. The van der Waals surface area contributed by atoms with E-state index in [0.29, 0.717) is 5.41 Å². The smallest absolute Gasteiger partial charge is 0.00450 e. The highest BCUT2D eigenvalue weighted by Gasteiger charge is 2.32. The predicted molar refractivity (Wildman–Crippen MR) is 57.6 cm³/mol. The van der Waals surface area contributed by atoms with Crippen molar-refractivity contribution < 1.29 is 0 Å². The van der Waals surface area contributed by atoms with Gasteiger partial charge < -0.3 is 10.6 Å². The van der Waals surface area contributed by atoms with Crippen LogP contribution in [0.2, 0.25) is 0 Å². The number of likely N-dealkylation sites (tertiary alicyclic amines) is 1. The zero-order valence-electron chi connectivity index (χ0n) is 9.51. The van der Waals surface area contributed by atoms with E-state index in [9.17, 15) is 0 Å². The summed E-state index contributed by atoms with van der Waals surface area (Å²) in [6.45, 7) is 13.6. The van der Waals surface area contributed by atoms with Crippen molar-refractivity contribution in [2.45, 2.75) is 27.7 Å². The molecule has 1 saturated heterocycles. The zero-order chi connectivity index (χ0) is 10.1. The second-order valence-electron chi connectivity index (χ2n) is 5.57. The van der Waals surface area contributed by atoms with E-state index in [2.05, 4.69) is 32.6 Å². The van der Waals surface area contributed by atoms with Gasteiger partial charge in [0.25, 0.3) is 0 Å². The summed E-state index contributed by atoms with van der Waals surface area (Å²) in [6.07, 6.45) is 0. The Morgan fingerprint density at radius 3 is 2.31 bits per heavy atom. The van der Waals surface area contributed by atoms with E-state index < -0.39 is 0 Å². The van der Waals surface area contributed by atoms with E-state index in [-0.39, 0.29) is 0 Å². The quantitative estimate of drug-likeness (QED) is 0.718. The van der Waals surface area contributed by atoms with Crippen LogP contribution in [-0.2, 0) is 0 Å². The molecule has 13 heavy (non-hydrogen) atoms. The molecule has 1 heterocycles. The van der Waals surface area contributed by atoms with E-state index >= 15 is 0 Å². The van der Waals surface area contributed by atoms with Gasteiger partial charge >= 0.3 is 0 Å². The summed E-state index contributed by atoms with van der Waals surface area (Å²) in [5, 5.41) is 0. The Hall–Kier alpha value is -0.0800. The molecule has 1 aliphatic heterocycles. The first-order valence-electron chi connectivity index (χ1n) is 5.37. The molecule has 0 amide bonds. The van der Waals surface area contributed by atoms with Gasteiger partial charge in [-0.3, -0.25) is 0 Å². The first-order chi connectivity index (χ1) is 5.94. The van der Waals surface area contributed by atoms with Gasteiger partial charge in [-0.2, -0.15) is 0 Å². The summed E-state index contributed by atoms with van der Waals surface area (Å²) < 4.78 is 0. The molecule has 78 valence electrons. The number of hydrogen-bond acceptors (Lipinski definition) is 2. The summed E-state index contributed by atoms with van der Waals surface area (Å²) in [5.41, 5.74) is 5.99. The second kappa shape index (κ2) is 3.97. The van der Waals surface area contributed by atoms with Crippen molar-refractivity contribution in [2.75, 3.05) is 26.2 Å². The van der Waals surface area contributed by atoms with Crippen molar-refractivity contribution in [3.63, 3.8) is 0 Å². The summed E-state index contributed by atoms with van der Waals surface area (Å²) >= 11 is 0. The molecule has 2 nitrogen and oxygen atoms in total. The van der Waals surface area contributed by atoms with E-state index in [1.807, 2.05) is 0 Å². The van der Waals surface area contributed by atoms with Gasteiger partial charge in [0, 0.05) is 19.6 Å². The number of nitrogens with zero attached hydrogens (tertiary/aromatic N) is 1. The summed E-state index contributed by atoms with van der Waals surface area (Å²) in [6, 6.07) is 0. The van der Waals surface area contributed by atoms with E-state index in [1.54, 1.807) is 0 Å². The molecule has 2 N–H and O–H groups in total. The molecule has 0 bridgehead atoms. The average Bonchev–Trinajstić information content (AvgIpc) is 1.95. The molecule has 0 atom stereocenters. The summed E-state index contributed by atoms with van der Waals surface area (Å²) in [7, 11) is 0. The largest absolute Gasteiger partial charge is 0.330 e. The van der Waals surface area contributed by atoms with Crippen LogP contribution in [0.3, 0.4) is 0 Å². The van der Waals surface area contributed by atoms with Crippen molar-refractivity contribution >= 4 is 0 Å². The average molecular weight is 184 g/mol. The van der Waals surface area contributed by atoms with Gasteiger partial charge in [0.15, 0.2) is 0 Å². The van der Waals surface area contributed by atoms with Gasteiger partial charge in [-0.05, 0) is 23.8 Å². The first kappa shape index (κ1) is 11.0. The number of rotatable bonds is 4. The lowest BCUT2D eigenvalue weighted by Crippen LogP contribution is -2.53. The van der Waals surface area contributed by atoms with Crippen LogP contribution >= 0.6 is 0 Å². The highest BCUT2D eigenvalue weighted by Crippen LogP contribution is 2.26. The zero-order valence-corrected chi connectivity index (χ0v) is 9.51. The first-order valence-corrected chi connectivity index (χ1v) is 5.37. The fourth-order valence-corrected chi connectivity index (χ4v) is 1.83. The van der Waals surface area contributed by atoms with Gasteiger partial charge in [-0.15, -0.1) is 0 Å². The van der Waals surface area contributed by atoms with Gasteiger partial charge in [0.1, 0.15) is 0 Å². The van der Waals surface area contributed by atoms with E-state index in [0.717, 1.165) is 24.9 Å².